The summed E-state index contributed by atoms with van der Waals surface area (Å²) in [4.78, 5) is 3.39. The summed E-state index contributed by atoms with van der Waals surface area (Å²) >= 11 is 5.26. The van der Waals surface area contributed by atoms with E-state index in [4.69, 9.17) is 23.1 Å². The van der Waals surface area contributed by atoms with Crippen molar-refractivity contribution in [3.63, 3.8) is 0 Å². The highest BCUT2D eigenvalue weighted by Gasteiger charge is 1.77. The van der Waals surface area contributed by atoms with Gasteiger partial charge >= 0.3 is 0 Å². The smallest absolute Gasteiger partial charge is 0.122 e. The molecule has 0 saturated heterocycles. The summed E-state index contributed by atoms with van der Waals surface area (Å²) in [6, 6.07) is 0. The van der Waals surface area contributed by atoms with Crippen LogP contribution >= 0.6 is 11.6 Å². The molecule has 0 aliphatic rings. The molecule has 0 radical (unpaired) electrons. The Morgan fingerprint density at radius 3 is 2.33 bits per heavy atom. The van der Waals surface area contributed by atoms with Crippen molar-refractivity contribution in [3.8, 4) is 0 Å². The average Bonchev–Trinajstić information content (AvgIpc) is 1.83. The molecule has 4 N–H and O–H groups in total. The Hall–Kier alpha value is -0.960. The van der Waals surface area contributed by atoms with Gasteiger partial charge in [0.1, 0.15) is 5.82 Å². The molecule has 0 saturated carbocycles. The molecule has 50 valence electrons. The number of allylic oxidation sites excluding steroid dienone is 2. The van der Waals surface area contributed by atoms with E-state index >= 15 is 0 Å². The van der Waals surface area contributed by atoms with E-state index in [0.29, 0.717) is 5.82 Å². The maximum absolute atomic E-state index is 5.26. The first-order chi connectivity index (χ1) is 4.16. The summed E-state index contributed by atoms with van der Waals surface area (Å²) in [6.45, 7) is 3.18. The maximum atomic E-state index is 5.26. The first-order valence-electron chi connectivity index (χ1n) is 2.22. The van der Waals surface area contributed by atoms with Gasteiger partial charge in [0, 0.05) is 0 Å². The number of hydrogen-bond acceptors (Lipinski definition) is 3. The number of rotatable bonds is 2. The highest BCUT2D eigenvalue weighted by Crippen LogP contribution is 1.92. The number of hydrogen-bond donors (Lipinski definition) is 2. The molecule has 0 aliphatic carbocycles. The first-order valence-corrected chi connectivity index (χ1v) is 2.59. The van der Waals surface area contributed by atoms with E-state index in [1.54, 1.807) is 0 Å². The zero-order valence-electron chi connectivity index (χ0n) is 4.84. The molecule has 9 heavy (non-hydrogen) atoms. The van der Waals surface area contributed by atoms with Gasteiger partial charge in [-0.3, -0.25) is 0 Å². The molecule has 0 aliphatic heterocycles. The van der Waals surface area contributed by atoms with Crippen molar-refractivity contribution in [3.05, 3.63) is 23.1 Å². The van der Waals surface area contributed by atoms with Crippen LogP contribution in [-0.2, 0) is 0 Å². The Labute approximate surface area is 58.7 Å². The standard InChI is InChI=1S/C5H8ClN3/c1-9-5(8)3-2-4(6)7/h2-3H,1,7-8H2/b4-2-,5-3-. The van der Waals surface area contributed by atoms with Crippen LogP contribution in [0, 0.1) is 0 Å². The van der Waals surface area contributed by atoms with E-state index in [0.717, 1.165) is 0 Å². The summed E-state index contributed by atoms with van der Waals surface area (Å²) < 4.78 is 0. The molecular weight excluding hydrogens is 138 g/mol. The van der Waals surface area contributed by atoms with E-state index in [1.807, 2.05) is 0 Å². The van der Waals surface area contributed by atoms with Gasteiger partial charge in [0.2, 0.25) is 0 Å². The Bertz CT molecular complexity index is 156. The van der Waals surface area contributed by atoms with Crippen molar-refractivity contribution in [1.82, 2.24) is 0 Å². The van der Waals surface area contributed by atoms with Gasteiger partial charge in [-0.25, -0.2) is 4.99 Å². The van der Waals surface area contributed by atoms with Crippen molar-refractivity contribution >= 4 is 18.3 Å². The largest absolute Gasteiger partial charge is 0.389 e. The van der Waals surface area contributed by atoms with Crippen LogP contribution in [0.2, 0.25) is 0 Å². The maximum Gasteiger partial charge on any atom is 0.122 e. The summed E-state index contributed by atoms with van der Waals surface area (Å²) in [5.41, 5.74) is 10.3. The Morgan fingerprint density at radius 1 is 1.44 bits per heavy atom. The third-order valence-corrected chi connectivity index (χ3v) is 0.722. The first kappa shape index (κ1) is 8.04. The van der Waals surface area contributed by atoms with Crippen LogP contribution < -0.4 is 11.5 Å². The molecule has 0 bridgehead atoms. The van der Waals surface area contributed by atoms with Gasteiger partial charge in [-0.05, 0) is 18.9 Å². The van der Waals surface area contributed by atoms with Gasteiger partial charge in [0.25, 0.3) is 0 Å². The number of halogens is 1. The SMILES string of the molecule is C=N/C(N)=C\C=C(/N)Cl. The van der Waals surface area contributed by atoms with Gasteiger partial charge in [-0.1, -0.05) is 11.6 Å². The lowest BCUT2D eigenvalue weighted by Crippen LogP contribution is -1.92. The molecule has 0 amide bonds. The van der Waals surface area contributed by atoms with Gasteiger partial charge < -0.3 is 11.5 Å². The predicted octanol–water partition coefficient (Wildman–Crippen LogP) is 0.526. The lowest BCUT2D eigenvalue weighted by Gasteiger charge is -1.85. The molecule has 0 aromatic rings. The minimum absolute atomic E-state index is 0.168. The molecule has 0 spiro atoms. The van der Waals surface area contributed by atoms with Crippen LogP contribution in [0.25, 0.3) is 0 Å². The normalized spacial score (nSPS) is 13.4. The lowest BCUT2D eigenvalue weighted by molar-refractivity contribution is 1.26. The van der Waals surface area contributed by atoms with Gasteiger partial charge in [-0.2, -0.15) is 0 Å². The zero-order valence-corrected chi connectivity index (χ0v) is 5.60. The molecular formula is C5H8ClN3. The number of nitrogens with zero attached hydrogens (tertiary/aromatic N) is 1. The molecule has 0 heterocycles. The summed E-state index contributed by atoms with van der Waals surface area (Å²) in [6.07, 6.45) is 2.90. The molecule has 0 rings (SSSR count). The molecule has 0 atom stereocenters. The van der Waals surface area contributed by atoms with Crippen LogP contribution in [0.4, 0.5) is 0 Å². The zero-order chi connectivity index (χ0) is 7.28. The highest BCUT2D eigenvalue weighted by atomic mass is 35.5. The minimum Gasteiger partial charge on any atom is -0.389 e. The fourth-order valence-electron chi connectivity index (χ4n) is 0.218. The van der Waals surface area contributed by atoms with E-state index in [9.17, 15) is 0 Å². The summed E-state index contributed by atoms with van der Waals surface area (Å²) in [7, 11) is 0. The fraction of sp³-hybridized carbons (Fsp3) is 0. The number of aliphatic imine (C=N–C) groups is 1. The minimum atomic E-state index is 0.168. The lowest BCUT2D eigenvalue weighted by atomic mass is 10.5. The Morgan fingerprint density at radius 2 is 2.00 bits per heavy atom. The Balaban J connectivity index is 3.98. The van der Waals surface area contributed by atoms with E-state index in [2.05, 4.69) is 11.7 Å². The summed E-state index contributed by atoms with van der Waals surface area (Å²) in [5, 5.41) is 0.168. The topological polar surface area (TPSA) is 64.4 Å². The molecule has 0 aromatic carbocycles. The van der Waals surface area contributed by atoms with Gasteiger partial charge in [0.15, 0.2) is 0 Å². The second kappa shape index (κ2) is 3.97. The van der Waals surface area contributed by atoms with Crippen LogP contribution in [-0.4, -0.2) is 6.72 Å². The molecule has 4 heteroatoms. The highest BCUT2D eigenvalue weighted by molar-refractivity contribution is 6.29. The van der Waals surface area contributed by atoms with Gasteiger partial charge in [-0.15, -0.1) is 0 Å². The molecule has 0 aromatic heterocycles. The van der Waals surface area contributed by atoms with Crippen molar-refractivity contribution in [2.45, 2.75) is 0 Å². The van der Waals surface area contributed by atoms with Crippen molar-refractivity contribution in [1.29, 1.82) is 0 Å². The molecule has 0 unspecified atom stereocenters. The predicted molar refractivity (Wildman–Crippen MR) is 39.9 cm³/mol. The monoisotopic (exact) mass is 145 g/mol. The fourth-order valence-corrected chi connectivity index (χ4v) is 0.281. The second-order valence-corrected chi connectivity index (χ2v) is 1.74. The van der Waals surface area contributed by atoms with E-state index < -0.39 is 0 Å². The quantitative estimate of drug-likeness (QED) is 0.338. The average molecular weight is 146 g/mol. The van der Waals surface area contributed by atoms with Crippen LogP contribution in [0.1, 0.15) is 0 Å². The third kappa shape index (κ3) is 4.90. The van der Waals surface area contributed by atoms with E-state index in [1.165, 1.54) is 12.2 Å². The van der Waals surface area contributed by atoms with Crippen LogP contribution in [0.5, 0.6) is 0 Å². The molecule has 3 nitrogen and oxygen atoms in total. The van der Waals surface area contributed by atoms with E-state index in [-0.39, 0.29) is 5.16 Å². The number of nitrogens with two attached hydrogens (primary N) is 2. The van der Waals surface area contributed by atoms with Crippen molar-refractivity contribution < 1.29 is 0 Å². The molecule has 0 fully saturated rings. The second-order valence-electron chi connectivity index (χ2n) is 1.30. The van der Waals surface area contributed by atoms with Gasteiger partial charge in [0.05, 0.1) is 5.16 Å². The van der Waals surface area contributed by atoms with Crippen molar-refractivity contribution in [2.24, 2.45) is 16.5 Å². The third-order valence-electron chi connectivity index (χ3n) is 0.596. The summed E-state index contributed by atoms with van der Waals surface area (Å²) in [5.74, 6) is 0.290. The van der Waals surface area contributed by atoms with Crippen LogP contribution in [0.3, 0.4) is 0 Å². The Kier molecular flexibility index (Phi) is 3.55. The van der Waals surface area contributed by atoms with Crippen LogP contribution in [0.15, 0.2) is 28.1 Å². The van der Waals surface area contributed by atoms with Crippen molar-refractivity contribution in [2.75, 3.05) is 0 Å².